The number of halogens is 1. The standard InChI is InChI=1S/C3H9NS.ClH/c1-2-4-3-5;/h4-5H,2-3H2,1H3;1H. The Morgan fingerprint density at radius 1 is 1.67 bits per heavy atom. The first-order chi connectivity index (χ1) is 2.41. The third-order valence-corrected chi connectivity index (χ3v) is 0.585. The molecule has 0 radical (unpaired) electrons. The Morgan fingerprint density at radius 3 is 2.17 bits per heavy atom. The predicted octanol–water partition coefficient (Wildman–Crippen LogP) is 0.905. The Labute approximate surface area is 50.3 Å². The SMILES string of the molecule is CCNCS.Cl. The highest BCUT2D eigenvalue weighted by molar-refractivity contribution is 7.80. The minimum absolute atomic E-state index is 0. The van der Waals surface area contributed by atoms with Gasteiger partial charge >= 0.3 is 0 Å². The van der Waals surface area contributed by atoms with Crippen molar-refractivity contribution in [3.8, 4) is 0 Å². The highest BCUT2D eigenvalue weighted by Gasteiger charge is 1.63. The van der Waals surface area contributed by atoms with Crippen LogP contribution in [-0.4, -0.2) is 12.4 Å². The van der Waals surface area contributed by atoms with Crippen molar-refractivity contribution < 1.29 is 0 Å². The molecule has 0 aliphatic carbocycles. The fourth-order valence-electron chi connectivity index (χ4n) is 0.112. The molecule has 0 aromatic carbocycles. The van der Waals surface area contributed by atoms with Crippen LogP contribution in [0.4, 0.5) is 0 Å². The van der Waals surface area contributed by atoms with Crippen LogP contribution in [0.1, 0.15) is 6.92 Å². The molecule has 40 valence electrons. The molecule has 1 nitrogen and oxygen atoms in total. The zero-order chi connectivity index (χ0) is 4.12. The molecule has 1 N–H and O–H groups in total. The van der Waals surface area contributed by atoms with Crippen molar-refractivity contribution in [1.82, 2.24) is 5.32 Å². The van der Waals surface area contributed by atoms with E-state index in [9.17, 15) is 0 Å². The van der Waals surface area contributed by atoms with E-state index in [0.29, 0.717) is 0 Å². The van der Waals surface area contributed by atoms with Crippen molar-refractivity contribution in [2.75, 3.05) is 12.4 Å². The second-order valence-electron chi connectivity index (χ2n) is 0.762. The highest BCUT2D eigenvalue weighted by atomic mass is 35.5. The van der Waals surface area contributed by atoms with Gasteiger partial charge in [-0.25, -0.2) is 0 Å². The fraction of sp³-hybridized carbons (Fsp3) is 1.00. The molecule has 0 aromatic rings. The molecule has 0 aliphatic heterocycles. The third kappa shape index (κ3) is 8.82. The Hall–Kier alpha value is 0.600. The first kappa shape index (κ1) is 9.78. The van der Waals surface area contributed by atoms with Crippen LogP contribution in [0.15, 0.2) is 0 Å². The van der Waals surface area contributed by atoms with Crippen molar-refractivity contribution in [3.63, 3.8) is 0 Å². The summed E-state index contributed by atoms with van der Waals surface area (Å²) in [5.41, 5.74) is 0. The van der Waals surface area contributed by atoms with Gasteiger partial charge in [-0.3, -0.25) is 0 Å². The Morgan fingerprint density at radius 2 is 2.17 bits per heavy atom. The number of hydrogen-bond donors (Lipinski definition) is 2. The summed E-state index contributed by atoms with van der Waals surface area (Å²) >= 11 is 3.89. The van der Waals surface area contributed by atoms with Gasteiger partial charge in [-0.15, -0.1) is 12.4 Å². The molecule has 0 unspecified atom stereocenters. The highest BCUT2D eigenvalue weighted by Crippen LogP contribution is 1.59. The van der Waals surface area contributed by atoms with Gasteiger partial charge in [0.15, 0.2) is 0 Å². The zero-order valence-electron chi connectivity index (χ0n) is 3.77. The molecule has 0 amide bonds. The quantitative estimate of drug-likeness (QED) is 0.415. The molecule has 0 bridgehead atoms. The molecule has 6 heavy (non-hydrogen) atoms. The van der Waals surface area contributed by atoms with Gasteiger partial charge in [0.05, 0.1) is 0 Å². The summed E-state index contributed by atoms with van der Waals surface area (Å²) in [6.07, 6.45) is 0. The average Bonchev–Trinajstić information content (AvgIpc) is 1.41. The largest absolute Gasteiger partial charge is 0.308 e. The van der Waals surface area contributed by atoms with E-state index < -0.39 is 0 Å². The van der Waals surface area contributed by atoms with Gasteiger partial charge in [0.25, 0.3) is 0 Å². The Balaban J connectivity index is 0. The van der Waals surface area contributed by atoms with Crippen LogP contribution >= 0.6 is 25.0 Å². The predicted molar refractivity (Wildman–Crippen MR) is 34.8 cm³/mol. The number of rotatable bonds is 2. The summed E-state index contributed by atoms with van der Waals surface area (Å²) in [5.74, 6) is 0.788. The van der Waals surface area contributed by atoms with E-state index in [1.165, 1.54) is 0 Å². The van der Waals surface area contributed by atoms with Gasteiger partial charge in [0.1, 0.15) is 0 Å². The van der Waals surface area contributed by atoms with Crippen LogP contribution in [0.3, 0.4) is 0 Å². The summed E-state index contributed by atoms with van der Waals surface area (Å²) in [6, 6.07) is 0. The summed E-state index contributed by atoms with van der Waals surface area (Å²) in [5, 5.41) is 2.98. The normalized spacial score (nSPS) is 7.00. The number of thiol groups is 1. The second kappa shape index (κ2) is 9.14. The van der Waals surface area contributed by atoms with Gasteiger partial charge < -0.3 is 5.32 Å². The van der Waals surface area contributed by atoms with Crippen LogP contribution in [0, 0.1) is 0 Å². The molecule has 3 heteroatoms. The van der Waals surface area contributed by atoms with Crippen LogP contribution in [0.5, 0.6) is 0 Å². The van der Waals surface area contributed by atoms with Crippen LogP contribution in [-0.2, 0) is 0 Å². The summed E-state index contributed by atoms with van der Waals surface area (Å²) in [7, 11) is 0. The fourth-order valence-corrected chi connectivity index (χ4v) is 0.335. The molecule has 0 saturated heterocycles. The molecule has 0 aliphatic rings. The van der Waals surface area contributed by atoms with Crippen molar-refractivity contribution in [3.05, 3.63) is 0 Å². The second-order valence-corrected chi connectivity index (χ2v) is 1.08. The van der Waals surface area contributed by atoms with E-state index in [1.54, 1.807) is 0 Å². The zero-order valence-corrected chi connectivity index (χ0v) is 5.48. The molecule has 0 saturated carbocycles. The van der Waals surface area contributed by atoms with Crippen molar-refractivity contribution >= 4 is 25.0 Å². The van der Waals surface area contributed by atoms with E-state index in [-0.39, 0.29) is 12.4 Å². The first-order valence-electron chi connectivity index (χ1n) is 1.73. The van der Waals surface area contributed by atoms with E-state index in [2.05, 4.69) is 24.9 Å². The summed E-state index contributed by atoms with van der Waals surface area (Å²) in [4.78, 5) is 0. The van der Waals surface area contributed by atoms with Crippen LogP contribution < -0.4 is 5.32 Å². The molecular formula is C3H10ClNS. The van der Waals surface area contributed by atoms with Gasteiger partial charge in [0.2, 0.25) is 0 Å². The molecule has 0 aromatic heterocycles. The number of nitrogens with one attached hydrogen (secondary N) is 1. The third-order valence-electron chi connectivity index (χ3n) is 0.362. The van der Waals surface area contributed by atoms with Gasteiger partial charge in [-0.05, 0) is 6.54 Å². The van der Waals surface area contributed by atoms with Gasteiger partial charge in [0, 0.05) is 5.88 Å². The summed E-state index contributed by atoms with van der Waals surface area (Å²) < 4.78 is 0. The smallest absolute Gasteiger partial charge is 0.0387 e. The lowest BCUT2D eigenvalue weighted by Crippen LogP contribution is -2.08. The van der Waals surface area contributed by atoms with Crippen molar-refractivity contribution in [2.24, 2.45) is 0 Å². The van der Waals surface area contributed by atoms with Crippen molar-refractivity contribution in [1.29, 1.82) is 0 Å². The minimum atomic E-state index is 0. The molecule has 0 atom stereocenters. The lowest BCUT2D eigenvalue weighted by Gasteiger charge is -1.85. The monoisotopic (exact) mass is 127 g/mol. The lowest BCUT2D eigenvalue weighted by molar-refractivity contribution is 0.843. The van der Waals surface area contributed by atoms with Crippen LogP contribution in [0.2, 0.25) is 0 Å². The Bertz CT molecular complexity index is 18.3. The maximum Gasteiger partial charge on any atom is 0.0387 e. The van der Waals surface area contributed by atoms with Gasteiger partial charge in [-0.1, -0.05) is 6.92 Å². The Kier molecular flexibility index (Phi) is 14.9. The average molecular weight is 128 g/mol. The van der Waals surface area contributed by atoms with E-state index in [0.717, 1.165) is 12.4 Å². The number of hydrogen-bond acceptors (Lipinski definition) is 2. The maximum atomic E-state index is 3.89. The summed E-state index contributed by atoms with van der Waals surface area (Å²) in [6.45, 7) is 3.07. The first-order valence-corrected chi connectivity index (χ1v) is 2.36. The maximum absolute atomic E-state index is 3.89. The lowest BCUT2D eigenvalue weighted by atomic mass is 10.8. The van der Waals surface area contributed by atoms with Crippen LogP contribution in [0.25, 0.3) is 0 Å². The molecular weight excluding hydrogens is 118 g/mol. The molecule has 0 spiro atoms. The van der Waals surface area contributed by atoms with Gasteiger partial charge in [-0.2, -0.15) is 12.6 Å². The van der Waals surface area contributed by atoms with E-state index in [4.69, 9.17) is 0 Å². The minimum Gasteiger partial charge on any atom is -0.308 e. The topological polar surface area (TPSA) is 12.0 Å². The van der Waals surface area contributed by atoms with E-state index >= 15 is 0 Å². The molecule has 0 rings (SSSR count). The molecule has 0 heterocycles. The van der Waals surface area contributed by atoms with E-state index in [1.807, 2.05) is 0 Å². The van der Waals surface area contributed by atoms with Crippen molar-refractivity contribution in [2.45, 2.75) is 6.92 Å². The molecule has 0 fully saturated rings.